The van der Waals surface area contributed by atoms with Crippen LogP contribution in [-0.2, 0) is 10.8 Å². The van der Waals surface area contributed by atoms with E-state index in [9.17, 15) is 4.21 Å². The summed E-state index contributed by atoms with van der Waals surface area (Å²) in [5.74, 6) is 0.769. The Morgan fingerprint density at radius 2 is 1.94 bits per heavy atom. The predicted octanol–water partition coefficient (Wildman–Crippen LogP) is 3.61. The molecule has 1 atom stereocenters. The molecule has 1 aromatic rings. The van der Waals surface area contributed by atoms with E-state index in [0.717, 1.165) is 23.7 Å². The van der Waals surface area contributed by atoms with Gasteiger partial charge in [-0.25, -0.2) is 0 Å². The molecule has 0 amide bonds. The third-order valence-corrected chi connectivity index (χ3v) is 5.57. The van der Waals surface area contributed by atoms with Crippen molar-refractivity contribution in [2.24, 2.45) is 5.92 Å². The maximum absolute atomic E-state index is 12.4. The summed E-state index contributed by atoms with van der Waals surface area (Å²) in [6.07, 6.45) is 4.42. The molecule has 0 aliphatic heterocycles. The van der Waals surface area contributed by atoms with Crippen LogP contribution < -0.4 is 5.73 Å². The SMILES string of the molecule is CC1CCC(S(=O)c2ccc(Cl)cc2N)CC1. The van der Waals surface area contributed by atoms with Crippen LogP contribution in [0.25, 0.3) is 0 Å². The van der Waals surface area contributed by atoms with Crippen LogP contribution in [0.5, 0.6) is 0 Å². The molecule has 1 saturated carbocycles. The van der Waals surface area contributed by atoms with Crippen LogP contribution in [0.2, 0.25) is 5.02 Å². The van der Waals surface area contributed by atoms with Gasteiger partial charge in [0, 0.05) is 16.0 Å². The fourth-order valence-corrected chi connectivity index (χ4v) is 4.06. The summed E-state index contributed by atoms with van der Waals surface area (Å²) >= 11 is 5.85. The molecule has 1 aromatic carbocycles. The largest absolute Gasteiger partial charge is 0.398 e. The molecule has 0 aromatic heterocycles. The number of benzene rings is 1. The quantitative estimate of drug-likeness (QED) is 0.835. The average molecular weight is 272 g/mol. The van der Waals surface area contributed by atoms with E-state index in [4.69, 9.17) is 17.3 Å². The second kappa shape index (κ2) is 5.40. The zero-order valence-corrected chi connectivity index (χ0v) is 11.6. The van der Waals surface area contributed by atoms with Gasteiger partial charge >= 0.3 is 0 Å². The molecule has 1 unspecified atom stereocenters. The fourth-order valence-electron chi connectivity index (χ4n) is 2.33. The Kier molecular flexibility index (Phi) is 4.10. The van der Waals surface area contributed by atoms with Gasteiger partial charge in [-0.1, -0.05) is 18.5 Å². The summed E-state index contributed by atoms with van der Waals surface area (Å²) in [4.78, 5) is 0.744. The molecule has 0 bridgehead atoms. The first kappa shape index (κ1) is 12.9. The predicted molar refractivity (Wildman–Crippen MR) is 73.7 cm³/mol. The van der Waals surface area contributed by atoms with Gasteiger partial charge in [0.2, 0.25) is 0 Å². The normalized spacial score (nSPS) is 26.7. The highest BCUT2D eigenvalue weighted by Gasteiger charge is 2.25. The van der Waals surface area contributed by atoms with Gasteiger partial charge in [0.1, 0.15) is 0 Å². The second-order valence-corrected chi connectivity index (χ2v) is 7.00. The van der Waals surface area contributed by atoms with Crippen LogP contribution in [0.1, 0.15) is 32.6 Å². The molecular formula is C13H18ClNOS. The first-order chi connectivity index (χ1) is 8.08. The number of halogens is 1. The molecule has 0 spiro atoms. The van der Waals surface area contributed by atoms with Crippen molar-refractivity contribution in [3.05, 3.63) is 23.2 Å². The van der Waals surface area contributed by atoms with E-state index in [0.29, 0.717) is 10.7 Å². The van der Waals surface area contributed by atoms with Gasteiger partial charge in [-0.15, -0.1) is 0 Å². The highest BCUT2D eigenvalue weighted by Crippen LogP contribution is 2.31. The van der Waals surface area contributed by atoms with E-state index in [1.54, 1.807) is 18.2 Å². The lowest BCUT2D eigenvalue weighted by Gasteiger charge is -2.25. The van der Waals surface area contributed by atoms with Crippen LogP contribution in [0.4, 0.5) is 5.69 Å². The van der Waals surface area contributed by atoms with Crippen LogP contribution in [0.3, 0.4) is 0 Å². The van der Waals surface area contributed by atoms with Gasteiger partial charge in [-0.05, 0) is 49.8 Å². The van der Waals surface area contributed by atoms with Crippen LogP contribution in [-0.4, -0.2) is 9.46 Å². The molecule has 0 saturated heterocycles. The van der Waals surface area contributed by atoms with Crippen molar-refractivity contribution >= 4 is 28.1 Å². The molecule has 4 heteroatoms. The fraction of sp³-hybridized carbons (Fsp3) is 0.538. The molecule has 0 heterocycles. The Bertz CT molecular complexity index is 427. The van der Waals surface area contributed by atoms with Gasteiger partial charge < -0.3 is 5.73 Å². The average Bonchev–Trinajstić information content (AvgIpc) is 2.29. The van der Waals surface area contributed by atoms with Crippen LogP contribution in [0, 0.1) is 5.92 Å². The summed E-state index contributed by atoms with van der Waals surface area (Å²) in [5.41, 5.74) is 6.43. The van der Waals surface area contributed by atoms with Gasteiger partial charge in [0.15, 0.2) is 0 Å². The Morgan fingerprint density at radius 3 is 2.53 bits per heavy atom. The molecule has 2 nitrogen and oxygen atoms in total. The van der Waals surface area contributed by atoms with Crippen molar-refractivity contribution in [2.45, 2.75) is 42.8 Å². The Balaban J connectivity index is 2.14. The molecule has 0 radical (unpaired) electrons. The maximum Gasteiger partial charge on any atom is 0.0621 e. The monoisotopic (exact) mass is 271 g/mol. The third-order valence-electron chi connectivity index (χ3n) is 3.45. The molecule has 2 N–H and O–H groups in total. The smallest absolute Gasteiger partial charge is 0.0621 e. The summed E-state index contributed by atoms with van der Waals surface area (Å²) in [6.45, 7) is 2.26. The van der Waals surface area contributed by atoms with Gasteiger partial charge in [-0.3, -0.25) is 4.21 Å². The Morgan fingerprint density at radius 1 is 1.29 bits per heavy atom. The van der Waals surface area contributed by atoms with Crippen LogP contribution in [0.15, 0.2) is 23.1 Å². The number of nitrogens with two attached hydrogens (primary N) is 1. The number of hydrogen-bond donors (Lipinski definition) is 1. The van der Waals surface area contributed by atoms with Crippen molar-refractivity contribution in [3.8, 4) is 0 Å². The van der Waals surface area contributed by atoms with E-state index in [1.807, 2.05) is 0 Å². The standard InChI is InChI=1S/C13H18ClNOS/c1-9-2-5-11(6-3-9)17(16)13-7-4-10(14)8-12(13)15/h4,7-9,11H,2-3,5-6,15H2,1H3. The minimum atomic E-state index is -0.988. The minimum Gasteiger partial charge on any atom is -0.398 e. The number of nitrogen functional groups attached to an aromatic ring is 1. The first-order valence-electron chi connectivity index (χ1n) is 6.03. The van der Waals surface area contributed by atoms with E-state index >= 15 is 0 Å². The maximum atomic E-state index is 12.4. The van der Waals surface area contributed by atoms with E-state index in [-0.39, 0.29) is 5.25 Å². The molecule has 17 heavy (non-hydrogen) atoms. The summed E-state index contributed by atoms with van der Waals surface area (Å²) in [7, 11) is -0.988. The van der Waals surface area contributed by atoms with E-state index in [2.05, 4.69) is 6.92 Å². The Hall–Kier alpha value is -0.540. The number of hydrogen-bond acceptors (Lipinski definition) is 2. The highest BCUT2D eigenvalue weighted by atomic mass is 35.5. The lowest BCUT2D eigenvalue weighted by molar-refractivity contribution is 0.389. The minimum absolute atomic E-state index is 0.259. The number of anilines is 1. The van der Waals surface area contributed by atoms with Gasteiger partial charge in [0.25, 0.3) is 0 Å². The molecule has 1 aliphatic rings. The summed E-state index contributed by atoms with van der Waals surface area (Å²) < 4.78 is 12.4. The van der Waals surface area contributed by atoms with Crippen molar-refractivity contribution in [2.75, 3.05) is 5.73 Å². The van der Waals surface area contributed by atoms with Gasteiger partial charge in [-0.2, -0.15) is 0 Å². The van der Waals surface area contributed by atoms with Crippen LogP contribution >= 0.6 is 11.6 Å². The lowest BCUT2D eigenvalue weighted by Crippen LogP contribution is -2.22. The summed E-state index contributed by atoms with van der Waals surface area (Å²) in [6, 6.07) is 5.24. The summed E-state index contributed by atoms with van der Waals surface area (Å²) in [5, 5.41) is 0.857. The van der Waals surface area contributed by atoms with Crippen molar-refractivity contribution in [1.29, 1.82) is 0 Å². The zero-order valence-electron chi connectivity index (χ0n) is 9.99. The van der Waals surface area contributed by atoms with E-state index in [1.165, 1.54) is 12.8 Å². The second-order valence-electron chi connectivity index (χ2n) is 4.86. The van der Waals surface area contributed by atoms with E-state index < -0.39 is 10.8 Å². The lowest BCUT2D eigenvalue weighted by atomic mass is 9.91. The topological polar surface area (TPSA) is 43.1 Å². The third kappa shape index (κ3) is 3.02. The first-order valence-corrected chi connectivity index (χ1v) is 7.62. The van der Waals surface area contributed by atoms with Crippen molar-refractivity contribution < 1.29 is 4.21 Å². The number of rotatable bonds is 2. The molecule has 1 fully saturated rings. The molecular weight excluding hydrogens is 254 g/mol. The molecule has 2 rings (SSSR count). The zero-order chi connectivity index (χ0) is 12.4. The van der Waals surface area contributed by atoms with Crippen molar-refractivity contribution in [1.82, 2.24) is 0 Å². The van der Waals surface area contributed by atoms with Crippen molar-refractivity contribution in [3.63, 3.8) is 0 Å². The van der Waals surface area contributed by atoms with Gasteiger partial charge in [0.05, 0.1) is 15.7 Å². The Labute approximate surface area is 110 Å². The molecule has 1 aliphatic carbocycles. The highest BCUT2D eigenvalue weighted by molar-refractivity contribution is 7.85. The molecule has 94 valence electrons.